The maximum absolute atomic E-state index is 10.7. The van der Waals surface area contributed by atoms with Crippen LogP contribution in [0.3, 0.4) is 0 Å². The molecule has 24 heteroatoms. The predicted octanol–water partition coefficient (Wildman–Crippen LogP) is -15.4. The maximum atomic E-state index is 10.7. The Morgan fingerprint density at radius 3 is 1.07 bits per heavy atom. The molecule has 0 spiro atoms. The molecule has 2 fully saturated rings. The molecule has 16 nitrogen and oxygen atoms in total. The van der Waals surface area contributed by atoms with Crippen LogP contribution in [0.15, 0.2) is 0 Å². The summed E-state index contributed by atoms with van der Waals surface area (Å²) in [7, 11) is -19.2. The Morgan fingerprint density at radius 1 is 0.714 bits per heavy atom. The molecule has 0 aromatic heterocycles. The van der Waals surface area contributed by atoms with E-state index in [0.29, 0.717) is 0 Å². The van der Waals surface area contributed by atoms with Crippen molar-refractivity contribution in [3.63, 3.8) is 0 Å². The monoisotopic (exact) mass is 528 g/mol. The zero-order valence-corrected chi connectivity index (χ0v) is 26.5. The third-order valence-electron chi connectivity index (χ3n) is 1.68. The van der Waals surface area contributed by atoms with Crippen molar-refractivity contribution in [3.8, 4) is 0 Å². The average Bonchev–Trinajstić information content (AvgIpc) is 2.29. The summed E-state index contributed by atoms with van der Waals surface area (Å²) in [5.41, 5.74) is 0. The third-order valence-corrected chi connectivity index (χ3v) is 6.86. The molecule has 2 N–H and O–H groups in total. The van der Waals surface area contributed by atoms with Crippen LogP contribution in [0.25, 0.3) is 0 Å². The van der Waals surface area contributed by atoms with Gasteiger partial charge < -0.3 is 38.9 Å². The third kappa shape index (κ3) is 16.1. The van der Waals surface area contributed by atoms with Crippen molar-refractivity contribution in [1.29, 1.82) is 0 Å². The van der Waals surface area contributed by atoms with E-state index in [2.05, 4.69) is 26.7 Å². The zero-order chi connectivity index (χ0) is 18.8. The molecule has 2 rings (SSSR count). The van der Waals surface area contributed by atoms with E-state index in [1.165, 1.54) is 0 Å². The van der Waals surface area contributed by atoms with Crippen LogP contribution in [0.5, 0.6) is 0 Å². The maximum Gasteiger partial charge on any atom is 1.00 e. The second kappa shape index (κ2) is 16.2. The molecule has 2 aliphatic heterocycles. The fraction of sp³-hybridized carbons (Fsp3) is 1.00. The Bertz CT molecular complexity index is 558. The average molecular weight is 528 g/mol. The molecule has 0 aromatic carbocycles. The molecule has 0 bridgehead atoms. The van der Waals surface area contributed by atoms with Gasteiger partial charge in [0.2, 0.25) is 12.6 Å². The van der Waals surface area contributed by atoms with Gasteiger partial charge in [0.05, 0.1) is 28.9 Å². The van der Waals surface area contributed by atoms with E-state index in [9.17, 15) is 37.8 Å². The van der Waals surface area contributed by atoms with Crippen LogP contribution < -0.4 is 138 Å². The Kier molecular flexibility index (Phi) is 22.9. The molecule has 144 valence electrons. The molecular formula is C4H8Na4O16P4. The number of hydrogen-bond donors (Lipinski definition) is 2. The zero-order valence-electron chi connectivity index (χ0n) is 15.0. The molecule has 0 atom stereocenters. The van der Waals surface area contributed by atoms with Crippen molar-refractivity contribution in [1.82, 2.24) is 0 Å². The first-order valence-electron chi connectivity index (χ1n) is 5.31. The second-order valence-electron chi connectivity index (χ2n) is 3.60. The Labute approximate surface area is 246 Å². The van der Waals surface area contributed by atoms with Crippen molar-refractivity contribution < 1.29 is 193 Å². The summed E-state index contributed by atoms with van der Waals surface area (Å²) in [6, 6.07) is 0. The molecule has 0 amide bonds. The van der Waals surface area contributed by atoms with Crippen LogP contribution in [0.2, 0.25) is 0 Å². The molecule has 2 aliphatic rings. The first-order chi connectivity index (χ1) is 10.7. The largest absolute Gasteiger partial charge is 1.00 e. The van der Waals surface area contributed by atoms with Gasteiger partial charge in [0.25, 0.3) is 0 Å². The Balaban J connectivity index is -0.000000180. The number of rotatable bonds is 6. The van der Waals surface area contributed by atoms with E-state index in [1.54, 1.807) is 0 Å². The Hall–Kier alpha value is 4.44. The fourth-order valence-corrected chi connectivity index (χ4v) is 5.07. The molecule has 0 aliphatic carbocycles. The summed E-state index contributed by atoms with van der Waals surface area (Å²) < 4.78 is 64.6. The van der Waals surface area contributed by atoms with Crippen molar-refractivity contribution in [2.75, 3.05) is 13.2 Å². The van der Waals surface area contributed by atoms with Crippen molar-refractivity contribution in [2.24, 2.45) is 0 Å². The van der Waals surface area contributed by atoms with Crippen LogP contribution in [0.1, 0.15) is 0 Å². The topological polar surface area (TPSA) is 256 Å². The fourth-order valence-electron chi connectivity index (χ4n) is 1.05. The minimum absolute atomic E-state index is 0. The smallest absolute Gasteiger partial charge is 0.789 e. The first kappa shape index (κ1) is 39.6. The van der Waals surface area contributed by atoms with E-state index in [1.807, 2.05) is 0 Å². The molecular weight excluding hydrogens is 520 g/mol. The molecule has 2 heterocycles. The number of phosphoric ester groups is 2. The SMILES string of the molecule is O=P([O-])([O-])OP1(=O)OC(CO)O1.O=P([O-])([O-])OP1(=O)OC(CO)O1.[Na+].[Na+].[Na+].[Na+]. The number of aliphatic hydroxyl groups excluding tert-OH is 2. The van der Waals surface area contributed by atoms with Crippen LogP contribution in [-0.2, 0) is 45.0 Å². The van der Waals surface area contributed by atoms with Crippen molar-refractivity contribution in [3.05, 3.63) is 0 Å². The first-order valence-corrected chi connectivity index (χ1v) is 11.2. The summed E-state index contributed by atoms with van der Waals surface area (Å²) in [5, 5.41) is 16.5. The molecule has 0 unspecified atom stereocenters. The van der Waals surface area contributed by atoms with Gasteiger partial charge in [-0.2, -0.15) is 0 Å². The van der Waals surface area contributed by atoms with E-state index in [-0.39, 0.29) is 118 Å². The van der Waals surface area contributed by atoms with E-state index in [4.69, 9.17) is 10.2 Å². The van der Waals surface area contributed by atoms with Crippen LogP contribution in [0.4, 0.5) is 0 Å². The van der Waals surface area contributed by atoms with Gasteiger partial charge in [-0.1, -0.05) is 0 Å². The van der Waals surface area contributed by atoms with Gasteiger partial charge in [-0.25, -0.2) is 9.13 Å². The van der Waals surface area contributed by atoms with Gasteiger partial charge >= 0.3 is 134 Å². The van der Waals surface area contributed by atoms with E-state index in [0.717, 1.165) is 0 Å². The summed E-state index contributed by atoms with van der Waals surface area (Å²) in [6.45, 7) is -1.20. The van der Waals surface area contributed by atoms with Gasteiger partial charge in [-0.3, -0.25) is 26.7 Å². The van der Waals surface area contributed by atoms with Crippen LogP contribution in [-0.4, -0.2) is 36.0 Å². The molecule has 28 heavy (non-hydrogen) atoms. The minimum Gasteiger partial charge on any atom is -0.789 e. The molecule has 0 aromatic rings. The van der Waals surface area contributed by atoms with Crippen LogP contribution >= 0.6 is 31.3 Å². The van der Waals surface area contributed by atoms with Crippen LogP contribution in [0, 0.1) is 0 Å². The van der Waals surface area contributed by atoms with Crippen molar-refractivity contribution in [2.45, 2.75) is 12.6 Å². The standard InChI is InChI=1S/2C2H6O8P2.4Na/c2*3-1-2-8-12(7,9-2)10-11(4,5)6;;;;/h2*2-3H,1H2,(H2,4,5,6);;;;/q;;4*+1/p-4. The molecule has 2 saturated heterocycles. The predicted molar refractivity (Wildman–Crippen MR) is 58.7 cm³/mol. The Morgan fingerprint density at radius 2 is 0.929 bits per heavy atom. The quantitative estimate of drug-likeness (QED) is 0.240. The van der Waals surface area contributed by atoms with Gasteiger partial charge in [-0.15, -0.1) is 0 Å². The summed E-state index contributed by atoms with van der Waals surface area (Å²) in [4.78, 5) is 39.6. The number of hydrogen-bond acceptors (Lipinski definition) is 16. The van der Waals surface area contributed by atoms with Gasteiger partial charge in [0.1, 0.15) is 0 Å². The summed E-state index contributed by atoms with van der Waals surface area (Å²) >= 11 is 0. The summed E-state index contributed by atoms with van der Waals surface area (Å²) in [5.74, 6) is 0. The number of phosphoric acid groups is 4. The second-order valence-corrected chi connectivity index (χ2v) is 9.33. The summed E-state index contributed by atoms with van der Waals surface area (Å²) in [6.07, 6.45) is -2.38. The van der Waals surface area contributed by atoms with E-state index >= 15 is 0 Å². The van der Waals surface area contributed by atoms with Gasteiger partial charge in [-0.05, 0) is 0 Å². The minimum atomic E-state index is -5.38. The van der Waals surface area contributed by atoms with Gasteiger partial charge in [0, 0.05) is 0 Å². The van der Waals surface area contributed by atoms with E-state index < -0.39 is 57.1 Å². The van der Waals surface area contributed by atoms with Gasteiger partial charge in [0.15, 0.2) is 0 Å². The number of aliphatic hydroxyl groups is 2. The normalized spacial score (nSPS) is 30.9. The molecule has 0 saturated carbocycles. The molecule has 0 radical (unpaired) electrons. The van der Waals surface area contributed by atoms with Crippen molar-refractivity contribution >= 4 is 31.3 Å².